The van der Waals surface area contributed by atoms with Crippen molar-refractivity contribution in [2.75, 3.05) is 19.1 Å². The number of anilines is 2. The Bertz CT molecular complexity index is 1110. The van der Waals surface area contributed by atoms with Crippen molar-refractivity contribution < 1.29 is 13.9 Å². The zero-order chi connectivity index (χ0) is 24.2. The number of amides is 2. The van der Waals surface area contributed by atoms with E-state index in [-0.39, 0.29) is 16.2 Å². The van der Waals surface area contributed by atoms with Crippen molar-refractivity contribution in [1.82, 2.24) is 9.88 Å². The van der Waals surface area contributed by atoms with Gasteiger partial charge in [-0.3, -0.25) is 0 Å². The Morgan fingerprint density at radius 2 is 1.85 bits per heavy atom. The quantitative estimate of drug-likeness (QED) is 0.313. The van der Waals surface area contributed by atoms with Crippen LogP contribution in [0, 0.1) is 5.82 Å². The van der Waals surface area contributed by atoms with Crippen molar-refractivity contribution in [3.8, 4) is 5.75 Å². The SMILES string of the molecule is COc1cc(Br)c(F)cc1N(C(=O)N(C)C(C)(C)C)c1ccc(SCc2ccccc2)cn1. The lowest BCUT2D eigenvalue weighted by Crippen LogP contribution is -2.48. The average Bonchev–Trinajstić information content (AvgIpc) is 2.80. The second kappa shape index (κ2) is 10.6. The fourth-order valence-electron chi connectivity index (χ4n) is 2.95. The standard InChI is InChI=1S/C25H27BrFN3O2S/c1-25(2,3)29(4)24(31)30(21-14-20(27)19(26)13-22(21)32-5)23-12-11-18(15-28-23)33-16-17-9-7-6-8-10-17/h6-15H,16H2,1-5H3. The molecule has 0 bridgehead atoms. The molecule has 33 heavy (non-hydrogen) atoms. The maximum absolute atomic E-state index is 14.5. The van der Waals surface area contributed by atoms with Gasteiger partial charge in [-0.2, -0.15) is 0 Å². The van der Waals surface area contributed by atoms with Gasteiger partial charge in [0.25, 0.3) is 0 Å². The molecular weight excluding hydrogens is 505 g/mol. The summed E-state index contributed by atoms with van der Waals surface area (Å²) in [6.45, 7) is 5.79. The number of carbonyl (C=O) groups is 1. The second-order valence-electron chi connectivity index (χ2n) is 8.41. The highest BCUT2D eigenvalue weighted by molar-refractivity contribution is 9.10. The van der Waals surface area contributed by atoms with Crippen molar-refractivity contribution in [3.05, 3.63) is 76.6 Å². The van der Waals surface area contributed by atoms with Gasteiger partial charge < -0.3 is 9.64 Å². The Morgan fingerprint density at radius 3 is 2.42 bits per heavy atom. The lowest BCUT2D eigenvalue weighted by molar-refractivity contribution is 0.174. The van der Waals surface area contributed by atoms with Gasteiger partial charge >= 0.3 is 6.03 Å². The Labute approximate surface area is 207 Å². The number of halogens is 2. The van der Waals surface area contributed by atoms with Crippen LogP contribution < -0.4 is 9.64 Å². The van der Waals surface area contributed by atoms with E-state index in [9.17, 15) is 9.18 Å². The molecule has 3 rings (SSSR count). The summed E-state index contributed by atoms with van der Waals surface area (Å²) in [7, 11) is 3.19. The summed E-state index contributed by atoms with van der Waals surface area (Å²) < 4.78 is 20.2. The van der Waals surface area contributed by atoms with Crippen LogP contribution in [0.25, 0.3) is 0 Å². The topological polar surface area (TPSA) is 45.7 Å². The van der Waals surface area contributed by atoms with Crippen LogP contribution in [0.3, 0.4) is 0 Å². The fourth-order valence-corrected chi connectivity index (χ4v) is 4.09. The van der Waals surface area contributed by atoms with E-state index >= 15 is 0 Å². The van der Waals surface area contributed by atoms with E-state index in [1.165, 1.54) is 29.7 Å². The average molecular weight is 532 g/mol. The van der Waals surface area contributed by atoms with Gasteiger partial charge in [0.05, 0.1) is 17.3 Å². The maximum Gasteiger partial charge on any atom is 0.330 e. The zero-order valence-corrected chi connectivity index (χ0v) is 21.7. The third-order valence-corrected chi connectivity index (χ3v) is 6.81. The van der Waals surface area contributed by atoms with Gasteiger partial charge in [0.15, 0.2) is 0 Å². The molecule has 2 aromatic carbocycles. The Kier molecular flexibility index (Phi) is 8.02. The molecule has 0 aliphatic rings. The van der Waals surface area contributed by atoms with E-state index in [4.69, 9.17) is 4.74 Å². The number of thioether (sulfide) groups is 1. The zero-order valence-electron chi connectivity index (χ0n) is 19.3. The molecule has 2 amide bonds. The van der Waals surface area contributed by atoms with Crippen molar-refractivity contribution in [3.63, 3.8) is 0 Å². The molecule has 0 N–H and O–H groups in total. The van der Waals surface area contributed by atoms with Crippen LogP contribution in [0.4, 0.5) is 20.7 Å². The van der Waals surface area contributed by atoms with Crippen molar-refractivity contribution in [1.29, 1.82) is 0 Å². The number of methoxy groups -OCH3 is 1. The largest absolute Gasteiger partial charge is 0.495 e. The highest BCUT2D eigenvalue weighted by Gasteiger charge is 2.31. The van der Waals surface area contributed by atoms with E-state index in [1.54, 1.807) is 36.0 Å². The predicted octanol–water partition coefficient (Wildman–Crippen LogP) is 7.27. The second-order valence-corrected chi connectivity index (χ2v) is 10.3. The molecule has 0 atom stereocenters. The minimum Gasteiger partial charge on any atom is -0.495 e. The van der Waals surface area contributed by atoms with E-state index in [1.807, 2.05) is 45.0 Å². The van der Waals surface area contributed by atoms with E-state index in [0.717, 1.165) is 10.6 Å². The van der Waals surface area contributed by atoms with Gasteiger partial charge in [-0.1, -0.05) is 30.3 Å². The van der Waals surface area contributed by atoms with Crippen molar-refractivity contribution in [2.24, 2.45) is 0 Å². The van der Waals surface area contributed by atoms with Crippen LogP contribution in [-0.2, 0) is 5.75 Å². The van der Waals surface area contributed by atoms with Crippen LogP contribution in [0.5, 0.6) is 5.75 Å². The molecule has 1 aromatic heterocycles. The minimum atomic E-state index is -0.503. The first-order chi connectivity index (χ1) is 15.6. The van der Waals surface area contributed by atoms with E-state index in [2.05, 4.69) is 33.0 Å². The number of aromatic nitrogens is 1. The molecule has 0 saturated carbocycles. The molecule has 0 fully saturated rings. The normalized spacial score (nSPS) is 11.2. The first-order valence-corrected chi connectivity index (χ1v) is 12.1. The molecule has 0 unspecified atom stereocenters. The van der Waals surface area contributed by atoms with Crippen LogP contribution in [0.2, 0.25) is 0 Å². The van der Waals surface area contributed by atoms with Gasteiger partial charge in [0.2, 0.25) is 0 Å². The molecule has 5 nitrogen and oxygen atoms in total. The molecule has 174 valence electrons. The van der Waals surface area contributed by atoms with Gasteiger partial charge in [0.1, 0.15) is 17.4 Å². The number of nitrogens with zero attached hydrogens (tertiary/aromatic N) is 3. The van der Waals surface area contributed by atoms with Gasteiger partial charge in [-0.15, -0.1) is 11.8 Å². The lowest BCUT2D eigenvalue weighted by Gasteiger charge is -2.36. The summed E-state index contributed by atoms with van der Waals surface area (Å²) in [6, 6.07) is 16.3. The number of ether oxygens (including phenoxy) is 1. The van der Waals surface area contributed by atoms with E-state index in [0.29, 0.717) is 11.6 Å². The number of carbonyl (C=O) groups excluding carboxylic acids is 1. The first kappa shape index (κ1) is 25.1. The Morgan fingerprint density at radius 1 is 1.15 bits per heavy atom. The van der Waals surface area contributed by atoms with Gasteiger partial charge in [-0.05, 0) is 60.5 Å². The molecular formula is C25H27BrFN3O2S. The highest BCUT2D eigenvalue weighted by atomic mass is 79.9. The predicted molar refractivity (Wildman–Crippen MR) is 136 cm³/mol. The van der Waals surface area contributed by atoms with Crippen molar-refractivity contribution in [2.45, 2.75) is 37.0 Å². The molecule has 0 aliphatic carbocycles. The number of hydrogen-bond donors (Lipinski definition) is 0. The molecule has 1 heterocycles. The van der Waals surface area contributed by atoms with Gasteiger partial charge in [0, 0.05) is 35.5 Å². The summed E-state index contributed by atoms with van der Waals surface area (Å²) >= 11 is 4.84. The maximum atomic E-state index is 14.5. The summed E-state index contributed by atoms with van der Waals surface area (Å²) in [5, 5.41) is 0. The smallest absolute Gasteiger partial charge is 0.330 e. The van der Waals surface area contributed by atoms with Crippen LogP contribution in [0.1, 0.15) is 26.3 Å². The fraction of sp³-hybridized carbons (Fsp3) is 0.280. The number of rotatable bonds is 6. The van der Waals surface area contributed by atoms with Crippen LogP contribution in [-0.4, -0.2) is 35.6 Å². The third kappa shape index (κ3) is 6.06. The van der Waals surface area contributed by atoms with Crippen LogP contribution in [0.15, 0.2) is 70.2 Å². The Hall–Kier alpha value is -2.58. The molecule has 3 aromatic rings. The Balaban J connectivity index is 1.98. The molecule has 0 spiro atoms. The molecule has 0 saturated heterocycles. The molecule has 0 radical (unpaired) electrons. The number of urea groups is 1. The number of pyridine rings is 1. The van der Waals surface area contributed by atoms with E-state index < -0.39 is 11.4 Å². The van der Waals surface area contributed by atoms with Crippen molar-refractivity contribution >= 4 is 45.2 Å². The first-order valence-electron chi connectivity index (χ1n) is 10.4. The molecule has 0 aliphatic heterocycles. The minimum absolute atomic E-state index is 0.250. The summed E-state index contributed by atoms with van der Waals surface area (Å²) in [5.74, 6) is 1.03. The number of hydrogen-bond acceptors (Lipinski definition) is 4. The van der Waals surface area contributed by atoms with Gasteiger partial charge in [-0.25, -0.2) is 19.1 Å². The summed E-state index contributed by atoms with van der Waals surface area (Å²) in [4.78, 5) is 22.1. The number of benzene rings is 2. The summed E-state index contributed by atoms with van der Waals surface area (Å²) in [6.07, 6.45) is 1.72. The molecule has 8 heteroatoms. The van der Waals surface area contributed by atoms with Crippen LogP contribution >= 0.6 is 27.7 Å². The lowest BCUT2D eigenvalue weighted by atomic mass is 10.1. The highest BCUT2D eigenvalue weighted by Crippen LogP contribution is 2.38. The third-order valence-electron chi connectivity index (χ3n) is 5.15. The monoisotopic (exact) mass is 531 g/mol. The summed E-state index contributed by atoms with van der Waals surface area (Å²) in [5.41, 5.74) is 1.03.